The topological polar surface area (TPSA) is 69.6 Å². The highest BCUT2D eigenvalue weighted by atomic mass is 16.4. The Labute approximate surface area is 166 Å². The van der Waals surface area contributed by atoms with Crippen molar-refractivity contribution in [1.29, 1.82) is 0 Å². The lowest BCUT2D eigenvalue weighted by molar-refractivity contribution is -0.142. The molecule has 1 atom stereocenters. The molecule has 2 N–H and O–H groups in total. The zero-order valence-electron chi connectivity index (χ0n) is 17.8. The van der Waals surface area contributed by atoms with Gasteiger partial charge >= 0.3 is 5.97 Å². The molecule has 0 heterocycles. The molecule has 0 aromatic carbocycles. The molecule has 0 bridgehead atoms. The van der Waals surface area contributed by atoms with Crippen molar-refractivity contribution in [2.75, 3.05) is 20.6 Å². The zero-order chi connectivity index (χ0) is 20.3. The molecule has 0 unspecified atom stereocenters. The lowest BCUT2D eigenvalue weighted by Crippen LogP contribution is -2.35. The maximum Gasteiger partial charge on any atom is 0.320 e. The molecule has 0 radical (unpaired) electrons. The Morgan fingerprint density at radius 3 is 2.15 bits per heavy atom. The quantitative estimate of drug-likeness (QED) is 0.265. The molecule has 5 heteroatoms. The second-order valence-electron chi connectivity index (χ2n) is 7.56. The highest BCUT2D eigenvalue weighted by Crippen LogP contribution is 2.10. The first-order chi connectivity index (χ1) is 13.0. The summed E-state index contributed by atoms with van der Waals surface area (Å²) >= 11 is 0. The van der Waals surface area contributed by atoms with Gasteiger partial charge < -0.3 is 10.4 Å². The summed E-state index contributed by atoms with van der Waals surface area (Å²) in [6.45, 7) is 2.81. The molecule has 0 spiro atoms. The van der Waals surface area contributed by atoms with E-state index >= 15 is 0 Å². The van der Waals surface area contributed by atoms with Gasteiger partial charge in [0.2, 0.25) is 5.91 Å². The van der Waals surface area contributed by atoms with E-state index in [9.17, 15) is 9.59 Å². The van der Waals surface area contributed by atoms with Gasteiger partial charge in [-0.25, -0.2) is 0 Å². The standard InChI is InChI=1S/C22H42N2O3/c1-4-5-6-7-8-9-10-11-12-13-14-18-21(25)23-19-16-15-17-20(22(26)27)24(2)3/h5-6,20H,4,7-19H2,1-3H3,(H,23,25)(H,26,27)/b6-5+/t20-/m0/s1. The van der Waals surface area contributed by atoms with Gasteiger partial charge in [0, 0.05) is 13.0 Å². The number of allylic oxidation sites excluding steroid dienone is 2. The lowest BCUT2D eigenvalue weighted by atomic mass is 10.1. The Morgan fingerprint density at radius 1 is 0.926 bits per heavy atom. The van der Waals surface area contributed by atoms with E-state index in [1.807, 2.05) is 0 Å². The first-order valence-electron chi connectivity index (χ1n) is 10.8. The molecule has 27 heavy (non-hydrogen) atoms. The maximum atomic E-state index is 11.8. The molecule has 0 aliphatic rings. The number of amides is 1. The van der Waals surface area contributed by atoms with Gasteiger partial charge in [-0.3, -0.25) is 14.5 Å². The number of aliphatic carboxylic acids is 1. The van der Waals surface area contributed by atoms with Crippen molar-refractivity contribution in [3.8, 4) is 0 Å². The zero-order valence-corrected chi connectivity index (χ0v) is 17.8. The summed E-state index contributed by atoms with van der Waals surface area (Å²) in [5, 5.41) is 12.1. The summed E-state index contributed by atoms with van der Waals surface area (Å²) in [4.78, 5) is 24.6. The number of carbonyl (C=O) groups excluding carboxylic acids is 1. The van der Waals surface area contributed by atoms with Crippen LogP contribution in [0, 0.1) is 0 Å². The molecular weight excluding hydrogens is 340 g/mol. The normalized spacial score (nSPS) is 12.6. The van der Waals surface area contributed by atoms with Crippen LogP contribution in [-0.2, 0) is 9.59 Å². The molecule has 0 aliphatic heterocycles. The number of carboxylic acids is 1. The van der Waals surface area contributed by atoms with Crippen molar-refractivity contribution in [3.63, 3.8) is 0 Å². The van der Waals surface area contributed by atoms with Crippen molar-refractivity contribution in [2.45, 2.75) is 96.4 Å². The number of unbranched alkanes of at least 4 members (excludes halogenated alkanes) is 8. The molecule has 1 amide bonds. The highest BCUT2D eigenvalue weighted by molar-refractivity contribution is 5.75. The van der Waals surface area contributed by atoms with Crippen molar-refractivity contribution < 1.29 is 14.7 Å². The minimum Gasteiger partial charge on any atom is -0.480 e. The molecular formula is C22H42N2O3. The van der Waals surface area contributed by atoms with E-state index in [0.717, 1.165) is 32.1 Å². The van der Waals surface area contributed by atoms with Crippen LogP contribution >= 0.6 is 0 Å². The fourth-order valence-electron chi connectivity index (χ4n) is 3.10. The number of rotatable bonds is 18. The average molecular weight is 383 g/mol. The van der Waals surface area contributed by atoms with Crippen LogP contribution < -0.4 is 5.32 Å². The summed E-state index contributed by atoms with van der Waals surface area (Å²) in [5.41, 5.74) is 0. The average Bonchev–Trinajstić information content (AvgIpc) is 2.61. The summed E-state index contributed by atoms with van der Waals surface area (Å²) in [6.07, 6.45) is 18.2. The van der Waals surface area contributed by atoms with Gasteiger partial charge in [-0.15, -0.1) is 0 Å². The van der Waals surface area contributed by atoms with Crippen molar-refractivity contribution >= 4 is 11.9 Å². The predicted molar refractivity (Wildman–Crippen MR) is 113 cm³/mol. The van der Waals surface area contributed by atoms with E-state index in [1.54, 1.807) is 19.0 Å². The minimum atomic E-state index is -0.780. The van der Waals surface area contributed by atoms with Gasteiger partial charge in [-0.1, -0.05) is 51.2 Å². The van der Waals surface area contributed by atoms with Crippen LogP contribution in [0.15, 0.2) is 12.2 Å². The van der Waals surface area contributed by atoms with Gasteiger partial charge in [0.05, 0.1) is 0 Å². The molecule has 0 aromatic heterocycles. The van der Waals surface area contributed by atoms with Crippen LogP contribution in [0.1, 0.15) is 90.4 Å². The number of nitrogens with zero attached hydrogens (tertiary/aromatic N) is 1. The van der Waals surface area contributed by atoms with E-state index < -0.39 is 12.0 Å². The van der Waals surface area contributed by atoms with Gasteiger partial charge in [0.1, 0.15) is 6.04 Å². The highest BCUT2D eigenvalue weighted by Gasteiger charge is 2.18. The molecule has 0 fully saturated rings. The minimum absolute atomic E-state index is 0.125. The van der Waals surface area contributed by atoms with Crippen molar-refractivity contribution in [2.24, 2.45) is 0 Å². The third kappa shape index (κ3) is 16.5. The third-order valence-electron chi connectivity index (χ3n) is 4.81. The monoisotopic (exact) mass is 382 g/mol. The predicted octanol–water partition coefficient (Wildman–Crippen LogP) is 4.76. The number of hydrogen-bond acceptors (Lipinski definition) is 3. The van der Waals surface area contributed by atoms with Crippen LogP contribution in [0.25, 0.3) is 0 Å². The van der Waals surface area contributed by atoms with Gasteiger partial charge in [-0.2, -0.15) is 0 Å². The summed E-state index contributed by atoms with van der Waals surface area (Å²) in [7, 11) is 3.57. The van der Waals surface area contributed by atoms with Crippen molar-refractivity contribution in [1.82, 2.24) is 10.2 Å². The number of carbonyl (C=O) groups is 2. The first-order valence-corrected chi connectivity index (χ1v) is 10.8. The lowest BCUT2D eigenvalue weighted by Gasteiger charge is -2.19. The fraction of sp³-hybridized carbons (Fsp3) is 0.818. The van der Waals surface area contributed by atoms with E-state index in [0.29, 0.717) is 19.4 Å². The number of carboxylic acid groups (broad SMARTS) is 1. The maximum absolute atomic E-state index is 11.8. The second-order valence-corrected chi connectivity index (χ2v) is 7.56. The van der Waals surface area contributed by atoms with Crippen LogP contribution in [0.5, 0.6) is 0 Å². The first kappa shape index (κ1) is 25.6. The van der Waals surface area contributed by atoms with Crippen molar-refractivity contribution in [3.05, 3.63) is 12.2 Å². The van der Waals surface area contributed by atoms with Gasteiger partial charge in [0.15, 0.2) is 0 Å². The van der Waals surface area contributed by atoms with E-state index in [1.165, 1.54) is 38.5 Å². The number of hydrogen-bond donors (Lipinski definition) is 2. The third-order valence-corrected chi connectivity index (χ3v) is 4.81. The Hall–Kier alpha value is -1.36. The SMILES string of the molecule is CC/C=C/CCCCCCCCCC(=O)NCCCC[C@@H](C(=O)O)N(C)C. The molecule has 0 saturated carbocycles. The van der Waals surface area contributed by atoms with Gasteiger partial charge in [-0.05, 0) is 59.0 Å². The molecule has 0 rings (SSSR count). The number of likely N-dealkylation sites (N-methyl/N-ethyl adjacent to an activating group) is 1. The Balaban J connectivity index is 3.42. The molecule has 0 aromatic rings. The van der Waals surface area contributed by atoms with Crippen LogP contribution in [0.3, 0.4) is 0 Å². The Bertz CT molecular complexity index is 408. The Morgan fingerprint density at radius 2 is 1.56 bits per heavy atom. The Kier molecular flexibility index (Phi) is 17.1. The van der Waals surface area contributed by atoms with E-state index in [4.69, 9.17) is 5.11 Å². The number of nitrogens with one attached hydrogen (secondary N) is 1. The second kappa shape index (κ2) is 18.0. The van der Waals surface area contributed by atoms with Gasteiger partial charge in [0.25, 0.3) is 0 Å². The largest absolute Gasteiger partial charge is 0.480 e. The van der Waals surface area contributed by atoms with E-state index in [-0.39, 0.29) is 5.91 Å². The summed E-state index contributed by atoms with van der Waals surface area (Å²) < 4.78 is 0. The van der Waals surface area contributed by atoms with Crippen LogP contribution in [0.4, 0.5) is 0 Å². The molecule has 0 aliphatic carbocycles. The molecule has 5 nitrogen and oxygen atoms in total. The smallest absolute Gasteiger partial charge is 0.320 e. The summed E-state index contributed by atoms with van der Waals surface area (Å²) in [6, 6.07) is -0.437. The van der Waals surface area contributed by atoms with E-state index in [2.05, 4.69) is 24.4 Å². The molecule has 0 saturated heterocycles. The summed E-state index contributed by atoms with van der Waals surface area (Å²) in [5.74, 6) is -0.655. The molecule has 158 valence electrons. The van der Waals surface area contributed by atoms with Crippen LogP contribution in [-0.4, -0.2) is 48.6 Å². The fourth-order valence-corrected chi connectivity index (χ4v) is 3.10. The van der Waals surface area contributed by atoms with Crippen LogP contribution in [0.2, 0.25) is 0 Å².